The Labute approximate surface area is 127 Å². The highest BCUT2D eigenvalue weighted by atomic mass is 32.2. The molecule has 0 aromatic carbocycles. The number of carbonyl (C=O) groups is 5. The van der Waals surface area contributed by atoms with E-state index in [2.05, 4.69) is 10.6 Å². The molecule has 0 aromatic heterocycles. The van der Waals surface area contributed by atoms with Crippen molar-refractivity contribution < 1.29 is 24.0 Å². The van der Waals surface area contributed by atoms with E-state index in [1.165, 1.54) is 25.6 Å². The van der Waals surface area contributed by atoms with Gasteiger partial charge < -0.3 is 10.6 Å². The first kappa shape index (κ1) is 19.3. The molecule has 0 atom stereocenters. The molecule has 0 aliphatic carbocycles. The van der Waals surface area contributed by atoms with Crippen LogP contribution in [0, 0.1) is 0 Å². The molecule has 0 aromatic rings. The number of hydrogen-bond donors (Lipinski definition) is 2. The topological polar surface area (TPSA) is 109 Å². The summed E-state index contributed by atoms with van der Waals surface area (Å²) in [4.78, 5) is 55.3. The zero-order valence-corrected chi connectivity index (χ0v) is 13.0. The molecule has 0 spiro atoms. The van der Waals surface area contributed by atoms with Gasteiger partial charge in [0.25, 0.3) is 0 Å². The van der Waals surface area contributed by atoms with Crippen molar-refractivity contribution in [2.45, 2.75) is 26.7 Å². The monoisotopic (exact) mass is 316 g/mol. The van der Waals surface area contributed by atoms with Crippen LogP contribution in [-0.2, 0) is 24.0 Å². The Morgan fingerprint density at radius 3 is 1.95 bits per heavy atom. The van der Waals surface area contributed by atoms with Gasteiger partial charge in [-0.15, -0.1) is 11.8 Å². The van der Waals surface area contributed by atoms with E-state index in [4.69, 9.17) is 0 Å². The minimum atomic E-state index is -0.373. The van der Waals surface area contributed by atoms with Gasteiger partial charge in [0, 0.05) is 12.8 Å². The number of rotatable bonds is 11. The van der Waals surface area contributed by atoms with Crippen LogP contribution in [0.3, 0.4) is 0 Å². The molecular weight excluding hydrogens is 296 g/mol. The van der Waals surface area contributed by atoms with Crippen molar-refractivity contribution in [3.05, 3.63) is 0 Å². The molecule has 118 valence electrons. The Morgan fingerprint density at radius 2 is 1.38 bits per heavy atom. The molecule has 0 bridgehead atoms. The lowest BCUT2D eigenvalue weighted by Crippen LogP contribution is -2.32. The van der Waals surface area contributed by atoms with E-state index in [1.54, 1.807) is 0 Å². The van der Waals surface area contributed by atoms with Crippen LogP contribution in [0.5, 0.6) is 0 Å². The van der Waals surface area contributed by atoms with Crippen molar-refractivity contribution in [1.82, 2.24) is 10.6 Å². The number of Topliss-reactive ketones (excluding diaryl/α,β-unsaturated/α-hetero) is 3. The number of thioether (sulfide) groups is 1. The van der Waals surface area contributed by atoms with Crippen LogP contribution in [0.2, 0.25) is 0 Å². The molecule has 21 heavy (non-hydrogen) atoms. The molecule has 2 amide bonds. The second-order valence-electron chi connectivity index (χ2n) is 4.49. The van der Waals surface area contributed by atoms with E-state index in [9.17, 15) is 24.0 Å². The number of hydrogen-bond acceptors (Lipinski definition) is 6. The van der Waals surface area contributed by atoms with Crippen LogP contribution in [0.15, 0.2) is 0 Å². The van der Waals surface area contributed by atoms with Crippen LogP contribution in [-0.4, -0.2) is 53.8 Å². The number of carbonyl (C=O) groups excluding carboxylic acids is 5. The highest BCUT2D eigenvalue weighted by Gasteiger charge is 2.09. The van der Waals surface area contributed by atoms with Crippen molar-refractivity contribution in [3.8, 4) is 0 Å². The first-order chi connectivity index (χ1) is 9.81. The maximum Gasteiger partial charge on any atom is 0.230 e. The van der Waals surface area contributed by atoms with Crippen LogP contribution >= 0.6 is 11.8 Å². The SMILES string of the molecule is CC(=O)CNC(=O)CCC(=O)CNC(=O)CSCC(C)=O. The van der Waals surface area contributed by atoms with Crippen molar-refractivity contribution in [1.29, 1.82) is 0 Å². The molecule has 0 aliphatic rings. The molecule has 0 heterocycles. The molecule has 0 saturated carbocycles. The van der Waals surface area contributed by atoms with E-state index in [0.29, 0.717) is 0 Å². The van der Waals surface area contributed by atoms with Gasteiger partial charge in [-0.1, -0.05) is 0 Å². The van der Waals surface area contributed by atoms with Gasteiger partial charge in [0.15, 0.2) is 5.78 Å². The highest BCUT2D eigenvalue weighted by molar-refractivity contribution is 8.00. The standard InChI is InChI=1S/C13H20N2O5S/c1-9(16)5-14-12(19)4-3-11(18)6-15-13(20)8-21-7-10(2)17/h3-8H2,1-2H3,(H,14,19)(H,15,20). The fourth-order valence-corrected chi connectivity index (χ4v) is 1.87. The quantitative estimate of drug-likeness (QED) is 0.531. The summed E-state index contributed by atoms with van der Waals surface area (Å²) in [6.07, 6.45) is -0.00826. The lowest BCUT2D eigenvalue weighted by atomic mass is 10.2. The zero-order chi connectivity index (χ0) is 16.3. The van der Waals surface area contributed by atoms with Gasteiger partial charge in [0.05, 0.1) is 24.6 Å². The average Bonchev–Trinajstić information content (AvgIpc) is 2.40. The zero-order valence-electron chi connectivity index (χ0n) is 12.2. The molecule has 0 unspecified atom stereocenters. The summed E-state index contributed by atoms with van der Waals surface area (Å²) in [7, 11) is 0. The molecule has 0 rings (SSSR count). The Morgan fingerprint density at radius 1 is 0.762 bits per heavy atom. The van der Waals surface area contributed by atoms with E-state index >= 15 is 0 Å². The summed E-state index contributed by atoms with van der Waals surface area (Å²) in [5.41, 5.74) is 0. The summed E-state index contributed by atoms with van der Waals surface area (Å²) in [5, 5.41) is 4.80. The van der Waals surface area contributed by atoms with Crippen LogP contribution in [0.1, 0.15) is 26.7 Å². The Balaban J connectivity index is 3.70. The van der Waals surface area contributed by atoms with Crippen LogP contribution < -0.4 is 10.6 Å². The highest BCUT2D eigenvalue weighted by Crippen LogP contribution is 1.99. The van der Waals surface area contributed by atoms with Crippen LogP contribution in [0.4, 0.5) is 0 Å². The summed E-state index contributed by atoms with van der Waals surface area (Å²) in [6, 6.07) is 0. The third-order valence-electron chi connectivity index (χ3n) is 2.19. The minimum absolute atomic E-state index is 0.00457. The molecule has 0 fully saturated rings. The molecule has 0 saturated heterocycles. The largest absolute Gasteiger partial charge is 0.349 e. The average molecular weight is 316 g/mol. The fourth-order valence-electron chi connectivity index (χ4n) is 1.19. The summed E-state index contributed by atoms with van der Waals surface area (Å²) in [6.45, 7) is 2.60. The maximum absolute atomic E-state index is 11.4. The van der Waals surface area contributed by atoms with Crippen molar-refractivity contribution in [3.63, 3.8) is 0 Å². The molecule has 2 N–H and O–H groups in total. The normalized spacial score (nSPS) is 9.81. The van der Waals surface area contributed by atoms with E-state index in [0.717, 1.165) is 0 Å². The smallest absolute Gasteiger partial charge is 0.230 e. The van der Waals surface area contributed by atoms with Gasteiger partial charge in [-0.05, 0) is 13.8 Å². The Hall–Kier alpha value is -1.70. The number of ketones is 3. The molecule has 7 nitrogen and oxygen atoms in total. The van der Waals surface area contributed by atoms with Crippen molar-refractivity contribution >= 4 is 40.9 Å². The van der Waals surface area contributed by atoms with Gasteiger partial charge in [-0.3, -0.25) is 24.0 Å². The van der Waals surface area contributed by atoms with E-state index < -0.39 is 0 Å². The first-order valence-corrected chi connectivity index (χ1v) is 7.58. The summed E-state index contributed by atoms with van der Waals surface area (Å²) in [5.74, 6) is -0.759. The first-order valence-electron chi connectivity index (χ1n) is 6.43. The maximum atomic E-state index is 11.4. The lowest BCUT2D eigenvalue weighted by molar-refractivity contribution is -0.127. The van der Waals surface area contributed by atoms with Gasteiger partial charge in [-0.25, -0.2) is 0 Å². The predicted molar refractivity (Wildman–Crippen MR) is 78.9 cm³/mol. The van der Waals surface area contributed by atoms with Gasteiger partial charge in [-0.2, -0.15) is 0 Å². The molecule has 8 heteroatoms. The van der Waals surface area contributed by atoms with E-state index in [-0.39, 0.29) is 66.6 Å². The summed E-state index contributed by atoms with van der Waals surface area (Å²) >= 11 is 1.18. The van der Waals surface area contributed by atoms with Gasteiger partial charge >= 0.3 is 0 Å². The molecule has 0 aliphatic heterocycles. The second-order valence-corrected chi connectivity index (χ2v) is 5.47. The van der Waals surface area contributed by atoms with Gasteiger partial charge in [0.2, 0.25) is 11.8 Å². The predicted octanol–water partition coefficient (Wildman–Crippen LogP) is -0.521. The van der Waals surface area contributed by atoms with Crippen LogP contribution in [0.25, 0.3) is 0 Å². The minimum Gasteiger partial charge on any atom is -0.349 e. The summed E-state index contributed by atoms with van der Waals surface area (Å²) < 4.78 is 0. The van der Waals surface area contributed by atoms with Gasteiger partial charge in [0.1, 0.15) is 11.6 Å². The third kappa shape index (κ3) is 13.1. The Bertz CT molecular complexity index is 423. The second kappa shape index (κ2) is 11.0. The third-order valence-corrected chi connectivity index (χ3v) is 3.26. The molecule has 0 radical (unpaired) electrons. The fraction of sp³-hybridized carbons (Fsp3) is 0.615. The number of amides is 2. The Kier molecular flexibility index (Phi) is 10.1. The van der Waals surface area contributed by atoms with Crippen molar-refractivity contribution in [2.75, 3.05) is 24.6 Å². The van der Waals surface area contributed by atoms with E-state index in [1.807, 2.05) is 0 Å². The molecular formula is C13H20N2O5S. The number of nitrogens with one attached hydrogen (secondary N) is 2. The lowest BCUT2D eigenvalue weighted by Gasteiger charge is -2.05. The van der Waals surface area contributed by atoms with Crippen molar-refractivity contribution in [2.24, 2.45) is 0 Å².